The van der Waals surface area contributed by atoms with Crippen molar-refractivity contribution in [2.24, 2.45) is 11.8 Å². The van der Waals surface area contributed by atoms with Crippen molar-refractivity contribution in [3.63, 3.8) is 0 Å². The molecule has 2 aliphatic rings. The highest BCUT2D eigenvalue weighted by molar-refractivity contribution is 5.97. The zero-order valence-electron chi connectivity index (χ0n) is 11.8. The van der Waals surface area contributed by atoms with Gasteiger partial charge >= 0.3 is 0 Å². The summed E-state index contributed by atoms with van der Waals surface area (Å²) in [5.41, 5.74) is 0. The Kier molecular flexibility index (Phi) is 3.64. The Bertz CT molecular complexity index is 356. The zero-order chi connectivity index (χ0) is 13.4. The molecule has 102 valence electrons. The average Bonchev–Trinajstić information content (AvgIpc) is 3.06. The van der Waals surface area contributed by atoms with Crippen LogP contribution < -0.4 is 5.32 Å². The lowest BCUT2D eigenvalue weighted by Gasteiger charge is -2.41. The molecule has 1 N–H and O–H groups in total. The lowest BCUT2D eigenvalue weighted by atomic mass is 9.93. The van der Waals surface area contributed by atoms with E-state index < -0.39 is 0 Å². The molecule has 1 aliphatic carbocycles. The van der Waals surface area contributed by atoms with E-state index in [1.807, 2.05) is 18.7 Å². The van der Waals surface area contributed by atoms with Gasteiger partial charge in [-0.05, 0) is 24.7 Å². The predicted molar refractivity (Wildman–Crippen MR) is 69.9 cm³/mol. The maximum atomic E-state index is 12.6. The van der Waals surface area contributed by atoms with Crippen molar-refractivity contribution in [2.75, 3.05) is 0 Å². The maximum absolute atomic E-state index is 12.6. The Morgan fingerprint density at radius 2 is 2.00 bits per heavy atom. The number of piperazine rings is 1. The summed E-state index contributed by atoms with van der Waals surface area (Å²) < 4.78 is 0. The van der Waals surface area contributed by atoms with Crippen LogP contribution in [0, 0.1) is 11.8 Å². The minimum atomic E-state index is -0.321. The van der Waals surface area contributed by atoms with E-state index in [4.69, 9.17) is 0 Å². The van der Waals surface area contributed by atoms with Crippen molar-refractivity contribution < 1.29 is 9.59 Å². The van der Waals surface area contributed by atoms with Crippen molar-refractivity contribution in [2.45, 2.75) is 65.1 Å². The van der Waals surface area contributed by atoms with Crippen molar-refractivity contribution in [1.82, 2.24) is 10.2 Å². The van der Waals surface area contributed by atoms with Crippen LogP contribution in [-0.2, 0) is 9.59 Å². The van der Waals surface area contributed by atoms with Gasteiger partial charge in [0.15, 0.2) is 0 Å². The lowest BCUT2D eigenvalue weighted by Crippen LogP contribution is -2.65. The van der Waals surface area contributed by atoms with E-state index in [2.05, 4.69) is 19.2 Å². The molecule has 2 rings (SSSR count). The molecule has 0 bridgehead atoms. The van der Waals surface area contributed by atoms with Gasteiger partial charge in [0.05, 0.1) is 0 Å². The average molecular weight is 252 g/mol. The lowest BCUT2D eigenvalue weighted by molar-refractivity contribution is -0.151. The molecule has 2 amide bonds. The molecule has 0 aromatic rings. The topological polar surface area (TPSA) is 49.4 Å². The number of nitrogens with one attached hydrogen (secondary N) is 1. The van der Waals surface area contributed by atoms with Gasteiger partial charge in [-0.2, -0.15) is 0 Å². The molecule has 18 heavy (non-hydrogen) atoms. The van der Waals surface area contributed by atoms with Crippen molar-refractivity contribution in [3.8, 4) is 0 Å². The largest absolute Gasteiger partial charge is 0.342 e. The molecule has 4 nitrogen and oxygen atoms in total. The third kappa shape index (κ3) is 2.13. The van der Waals surface area contributed by atoms with Gasteiger partial charge in [-0.15, -0.1) is 0 Å². The van der Waals surface area contributed by atoms with E-state index in [-0.39, 0.29) is 29.8 Å². The highest BCUT2D eigenvalue weighted by Crippen LogP contribution is 2.38. The number of carbonyl (C=O) groups is 2. The van der Waals surface area contributed by atoms with Gasteiger partial charge in [-0.3, -0.25) is 9.59 Å². The zero-order valence-corrected chi connectivity index (χ0v) is 11.8. The minimum absolute atomic E-state index is 0.0292. The second-order valence-electron chi connectivity index (χ2n) is 5.82. The molecule has 1 saturated heterocycles. The van der Waals surface area contributed by atoms with Crippen molar-refractivity contribution >= 4 is 11.8 Å². The number of hydrogen-bond acceptors (Lipinski definition) is 2. The summed E-state index contributed by atoms with van der Waals surface area (Å²) in [6.07, 6.45) is 2.65. The van der Waals surface area contributed by atoms with E-state index in [1.54, 1.807) is 0 Å². The summed E-state index contributed by atoms with van der Waals surface area (Å²) in [6.45, 7) is 8.21. The molecule has 5 atom stereocenters. The number of amides is 2. The van der Waals surface area contributed by atoms with E-state index in [0.717, 1.165) is 12.8 Å². The molecular formula is C14H24N2O2. The monoisotopic (exact) mass is 252 g/mol. The Balaban J connectivity index is 2.21. The molecule has 1 aliphatic heterocycles. The first kappa shape index (κ1) is 13.4. The smallest absolute Gasteiger partial charge is 0.246 e. The SMILES string of the molecule is CCC(C)C1NC(=O)C(CC)N(C2CC2C)C1=O. The van der Waals surface area contributed by atoms with Crippen LogP contribution in [0.15, 0.2) is 0 Å². The van der Waals surface area contributed by atoms with Gasteiger partial charge in [-0.1, -0.05) is 34.1 Å². The molecule has 0 radical (unpaired) electrons. The van der Waals surface area contributed by atoms with E-state index in [9.17, 15) is 9.59 Å². The Hall–Kier alpha value is -1.06. The number of rotatable bonds is 4. The Morgan fingerprint density at radius 3 is 2.44 bits per heavy atom. The quantitative estimate of drug-likeness (QED) is 0.825. The summed E-state index contributed by atoms with van der Waals surface area (Å²) in [6, 6.07) is -0.286. The fraction of sp³-hybridized carbons (Fsp3) is 0.857. The second kappa shape index (κ2) is 4.90. The van der Waals surface area contributed by atoms with Gasteiger partial charge in [0, 0.05) is 6.04 Å². The summed E-state index contributed by atoms with van der Waals surface area (Å²) in [4.78, 5) is 26.6. The number of hydrogen-bond donors (Lipinski definition) is 1. The summed E-state index contributed by atoms with van der Waals surface area (Å²) in [7, 11) is 0. The van der Waals surface area contributed by atoms with Crippen molar-refractivity contribution in [3.05, 3.63) is 0 Å². The molecule has 0 spiro atoms. The fourth-order valence-corrected chi connectivity index (χ4v) is 2.84. The summed E-state index contributed by atoms with van der Waals surface area (Å²) >= 11 is 0. The summed E-state index contributed by atoms with van der Waals surface area (Å²) in [5, 5.41) is 2.92. The van der Waals surface area contributed by atoms with Crippen LogP contribution in [0.4, 0.5) is 0 Å². The Labute approximate surface area is 109 Å². The van der Waals surface area contributed by atoms with E-state index >= 15 is 0 Å². The van der Waals surface area contributed by atoms with Crippen LogP contribution in [-0.4, -0.2) is 34.8 Å². The first-order chi connectivity index (χ1) is 8.51. The predicted octanol–water partition coefficient (Wildman–Crippen LogP) is 1.55. The molecule has 5 unspecified atom stereocenters. The van der Waals surface area contributed by atoms with Crippen LogP contribution in [0.2, 0.25) is 0 Å². The standard InChI is InChI=1S/C14H24N2O2/c1-5-8(3)12-14(18)16(11-7-9(11)4)10(6-2)13(17)15-12/h8-12H,5-7H2,1-4H3,(H,15,17). The molecule has 1 heterocycles. The third-order valence-corrected chi connectivity index (χ3v) is 4.48. The van der Waals surface area contributed by atoms with Crippen LogP contribution in [0.25, 0.3) is 0 Å². The van der Waals surface area contributed by atoms with E-state index in [0.29, 0.717) is 18.4 Å². The minimum Gasteiger partial charge on any atom is -0.342 e. The summed E-state index contributed by atoms with van der Waals surface area (Å²) in [5.74, 6) is 0.911. The highest BCUT2D eigenvalue weighted by atomic mass is 16.2. The molecule has 0 aromatic carbocycles. The first-order valence-electron chi connectivity index (χ1n) is 7.13. The van der Waals surface area contributed by atoms with Gasteiger partial charge in [0.25, 0.3) is 0 Å². The molecule has 4 heteroatoms. The van der Waals surface area contributed by atoms with Crippen LogP contribution in [0.5, 0.6) is 0 Å². The van der Waals surface area contributed by atoms with Crippen LogP contribution in [0.1, 0.15) is 47.0 Å². The molecular weight excluding hydrogens is 228 g/mol. The molecule has 0 aromatic heterocycles. The Morgan fingerprint density at radius 1 is 1.39 bits per heavy atom. The van der Waals surface area contributed by atoms with Crippen LogP contribution >= 0.6 is 0 Å². The number of nitrogens with zero attached hydrogens (tertiary/aromatic N) is 1. The molecule has 2 fully saturated rings. The van der Waals surface area contributed by atoms with Gasteiger partial charge in [0.1, 0.15) is 12.1 Å². The van der Waals surface area contributed by atoms with Gasteiger partial charge < -0.3 is 10.2 Å². The van der Waals surface area contributed by atoms with Crippen molar-refractivity contribution in [1.29, 1.82) is 0 Å². The highest BCUT2D eigenvalue weighted by Gasteiger charge is 2.50. The van der Waals surface area contributed by atoms with Crippen LogP contribution in [0.3, 0.4) is 0 Å². The number of carbonyl (C=O) groups excluding carboxylic acids is 2. The van der Waals surface area contributed by atoms with E-state index in [1.165, 1.54) is 0 Å². The van der Waals surface area contributed by atoms with Gasteiger partial charge in [-0.25, -0.2) is 0 Å². The fourth-order valence-electron chi connectivity index (χ4n) is 2.84. The molecule has 1 saturated carbocycles. The van der Waals surface area contributed by atoms with Gasteiger partial charge in [0.2, 0.25) is 11.8 Å². The normalized spacial score (nSPS) is 37.4. The second-order valence-corrected chi connectivity index (χ2v) is 5.82. The first-order valence-corrected chi connectivity index (χ1v) is 7.13. The third-order valence-electron chi connectivity index (χ3n) is 4.48. The maximum Gasteiger partial charge on any atom is 0.246 e.